The molecule has 156 valence electrons. The number of hydrogen-bond donors (Lipinski definition) is 1. The summed E-state index contributed by atoms with van der Waals surface area (Å²) in [5.74, 6) is -0.183. The Morgan fingerprint density at radius 1 is 1.27 bits per heavy atom. The molecule has 0 aliphatic carbocycles. The standard InChI is InChI=1S/C21H24N6O3/c1-26(14-17-6-2-3-9-23-17)19(28)18-11-21(30-25-18)7-10-27(15-21)20(29)24-13-16-5-4-8-22-12-16/h2-6,8-9,12H,7,10-11,13-15H2,1H3,(H,24,29)/t21-/m1/s1. The van der Waals surface area contributed by atoms with Gasteiger partial charge in [-0.05, 0) is 23.8 Å². The summed E-state index contributed by atoms with van der Waals surface area (Å²) >= 11 is 0. The zero-order valence-corrected chi connectivity index (χ0v) is 16.8. The predicted octanol–water partition coefficient (Wildman–Crippen LogP) is 1.57. The summed E-state index contributed by atoms with van der Waals surface area (Å²) in [4.78, 5) is 42.5. The number of aromatic nitrogens is 2. The van der Waals surface area contributed by atoms with Crippen LogP contribution in [0.4, 0.5) is 4.79 Å². The molecule has 1 N–H and O–H groups in total. The second-order valence-electron chi connectivity index (χ2n) is 7.66. The van der Waals surface area contributed by atoms with E-state index in [4.69, 9.17) is 4.84 Å². The molecule has 0 radical (unpaired) electrons. The number of urea groups is 1. The lowest BCUT2D eigenvalue weighted by molar-refractivity contribution is -0.123. The minimum atomic E-state index is -0.623. The van der Waals surface area contributed by atoms with Crippen molar-refractivity contribution in [1.82, 2.24) is 25.1 Å². The number of nitrogens with one attached hydrogen (secondary N) is 1. The van der Waals surface area contributed by atoms with E-state index in [-0.39, 0.29) is 11.9 Å². The third kappa shape index (κ3) is 4.40. The summed E-state index contributed by atoms with van der Waals surface area (Å²) in [6.07, 6.45) is 6.15. The van der Waals surface area contributed by atoms with E-state index in [9.17, 15) is 9.59 Å². The van der Waals surface area contributed by atoms with Crippen LogP contribution in [0.25, 0.3) is 0 Å². The smallest absolute Gasteiger partial charge is 0.317 e. The topological polar surface area (TPSA) is 100 Å². The van der Waals surface area contributed by atoms with Gasteiger partial charge in [0.2, 0.25) is 0 Å². The number of rotatable bonds is 5. The highest BCUT2D eigenvalue weighted by Crippen LogP contribution is 2.34. The maximum Gasteiger partial charge on any atom is 0.317 e. The second kappa shape index (κ2) is 8.48. The van der Waals surface area contributed by atoms with E-state index in [1.165, 1.54) is 0 Å². The molecular formula is C21H24N6O3. The highest BCUT2D eigenvalue weighted by Gasteiger charge is 2.48. The summed E-state index contributed by atoms with van der Waals surface area (Å²) in [5, 5.41) is 6.96. The first kappa shape index (κ1) is 19.8. The number of carbonyl (C=O) groups excluding carboxylic acids is 2. The van der Waals surface area contributed by atoms with Crippen LogP contribution in [0.15, 0.2) is 54.1 Å². The first-order valence-electron chi connectivity index (χ1n) is 9.87. The zero-order chi connectivity index (χ0) is 21.0. The molecule has 1 saturated heterocycles. The maximum absolute atomic E-state index is 12.8. The van der Waals surface area contributed by atoms with E-state index >= 15 is 0 Å². The van der Waals surface area contributed by atoms with E-state index in [0.717, 1.165) is 11.3 Å². The summed E-state index contributed by atoms with van der Waals surface area (Å²) in [5.41, 5.74) is 1.50. The van der Waals surface area contributed by atoms with Crippen molar-refractivity contribution in [1.29, 1.82) is 0 Å². The Labute approximate surface area is 174 Å². The quantitative estimate of drug-likeness (QED) is 0.809. The first-order chi connectivity index (χ1) is 14.5. The van der Waals surface area contributed by atoms with Crippen molar-refractivity contribution in [3.63, 3.8) is 0 Å². The van der Waals surface area contributed by atoms with Crippen LogP contribution in [0.1, 0.15) is 24.1 Å². The minimum absolute atomic E-state index is 0.161. The van der Waals surface area contributed by atoms with E-state index in [2.05, 4.69) is 20.4 Å². The van der Waals surface area contributed by atoms with Crippen LogP contribution < -0.4 is 5.32 Å². The second-order valence-corrected chi connectivity index (χ2v) is 7.66. The number of oxime groups is 1. The third-order valence-electron chi connectivity index (χ3n) is 5.33. The molecule has 2 aliphatic rings. The van der Waals surface area contributed by atoms with Gasteiger partial charge in [0.1, 0.15) is 5.71 Å². The van der Waals surface area contributed by atoms with Gasteiger partial charge < -0.3 is 20.0 Å². The van der Waals surface area contributed by atoms with Crippen LogP contribution in [-0.4, -0.2) is 63.2 Å². The number of hydrogen-bond acceptors (Lipinski definition) is 6. The lowest BCUT2D eigenvalue weighted by atomic mass is 9.96. The van der Waals surface area contributed by atoms with Crippen molar-refractivity contribution in [3.8, 4) is 0 Å². The number of amides is 3. The van der Waals surface area contributed by atoms with Gasteiger partial charge in [-0.2, -0.15) is 0 Å². The maximum atomic E-state index is 12.8. The van der Waals surface area contributed by atoms with Crippen LogP contribution in [-0.2, 0) is 22.7 Å². The Hall–Kier alpha value is -3.49. The van der Waals surface area contributed by atoms with Crippen molar-refractivity contribution in [2.75, 3.05) is 20.1 Å². The Morgan fingerprint density at radius 2 is 2.17 bits per heavy atom. The molecule has 1 fully saturated rings. The predicted molar refractivity (Wildman–Crippen MR) is 109 cm³/mol. The fourth-order valence-corrected chi connectivity index (χ4v) is 3.69. The van der Waals surface area contributed by atoms with E-state index in [0.29, 0.717) is 44.7 Å². The SMILES string of the molecule is CN(Cc1ccccn1)C(=O)C1=NO[C@]2(CCN(C(=O)NCc3cccnc3)C2)C1. The van der Waals surface area contributed by atoms with E-state index in [1.54, 1.807) is 35.4 Å². The average molecular weight is 408 g/mol. The molecule has 30 heavy (non-hydrogen) atoms. The monoisotopic (exact) mass is 408 g/mol. The Balaban J connectivity index is 1.29. The number of nitrogens with zero attached hydrogens (tertiary/aromatic N) is 5. The highest BCUT2D eigenvalue weighted by atomic mass is 16.7. The van der Waals surface area contributed by atoms with Gasteiger partial charge in [0.05, 0.1) is 18.8 Å². The Kier molecular flexibility index (Phi) is 5.60. The van der Waals surface area contributed by atoms with E-state index < -0.39 is 5.60 Å². The number of likely N-dealkylation sites (tertiary alicyclic amines) is 1. The molecule has 3 amide bonds. The summed E-state index contributed by atoms with van der Waals surface area (Å²) in [6.45, 7) is 1.76. The molecule has 2 aromatic rings. The van der Waals surface area contributed by atoms with Crippen molar-refractivity contribution in [2.45, 2.75) is 31.5 Å². The fourth-order valence-electron chi connectivity index (χ4n) is 3.69. The molecule has 1 atom stereocenters. The van der Waals surface area contributed by atoms with Gasteiger partial charge in [-0.3, -0.25) is 14.8 Å². The molecule has 0 aromatic carbocycles. The molecule has 0 bridgehead atoms. The van der Waals surface area contributed by atoms with Gasteiger partial charge in [0.15, 0.2) is 5.60 Å². The van der Waals surface area contributed by atoms with Crippen LogP contribution >= 0.6 is 0 Å². The van der Waals surface area contributed by atoms with Gasteiger partial charge in [-0.1, -0.05) is 17.3 Å². The molecule has 2 aromatic heterocycles. The number of carbonyl (C=O) groups is 2. The van der Waals surface area contributed by atoms with Gasteiger partial charge in [-0.15, -0.1) is 0 Å². The molecule has 4 heterocycles. The molecule has 4 rings (SSSR count). The van der Waals surface area contributed by atoms with Gasteiger partial charge in [-0.25, -0.2) is 4.79 Å². The minimum Gasteiger partial charge on any atom is -0.386 e. The lowest BCUT2D eigenvalue weighted by Crippen LogP contribution is -2.42. The lowest BCUT2D eigenvalue weighted by Gasteiger charge is -2.22. The van der Waals surface area contributed by atoms with Crippen molar-refractivity contribution >= 4 is 17.6 Å². The molecule has 1 spiro atoms. The summed E-state index contributed by atoms with van der Waals surface area (Å²) < 4.78 is 0. The molecule has 0 unspecified atom stereocenters. The Morgan fingerprint density at radius 3 is 2.93 bits per heavy atom. The largest absolute Gasteiger partial charge is 0.386 e. The zero-order valence-electron chi connectivity index (χ0n) is 16.8. The first-order valence-corrected chi connectivity index (χ1v) is 9.87. The average Bonchev–Trinajstić information content (AvgIpc) is 3.40. The molecular weight excluding hydrogens is 384 g/mol. The third-order valence-corrected chi connectivity index (χ3v) is 5.33. The normalized spacial score (nSPS) is 20.0. The van der Waals surface area contributed by atoms with Gasteiger partial charge in [0, 0.05) is 51.6 Å². The number of pyridine rings is 2. The van der Waals surface area contributed by atoms with Crippen molar-refractivity contribution in [2.24, 2.45) is 5.16 Å². The molecule has 2 aliphatic heterocycles. The summed E-state index contributed by atoms with van der Waals surface area (Å²) in [7, 11) is 1.72. The summed E-state index contributed by atoms with van der Waals surface area (Å²) in [6, 6.07) is 9.18. The molecule has 9 nitrogen and oxygen atoms in total. The van der Waals surface area contributed by atoms with E-state index in [1.807, 2.05) is 30.3 Å². The Bertz CT molecular complexity index is 936. The highest BCUT2D eigenvalue weighted by molar-refractivity contribution is 6.39. The van der Waals surface area contributed by atoms with Crippen LogP contribution in [0.2, 0.25) is 0 Å². The molecule has 0 saturated carbocycles. The van der Waals surface area contributed by atoms with Crippen molar-refractivity contribution in [3.05, 3.63) is 60.2 Å². The van der Waals surface area contributed by atoms with Crippen LogP contribution in [0.5, 0.6) is 0 Å². The molecule has 9 heteroatoms. The van der Waals surface area contributed by atoms with Crippen LogP contribution in [0, 0.1) is 0 Å². The fraction of sp³-hybridized carbons (Fsp3) is 0.381. The van der Waals surface area contributed by atoms with Crippen molar-refractivity contribution < 1.29 is 14.4 Å². The van der Waals surface area contributed by atoms with Gasteiger partial charge >= 0.3 is 6.03 Å². The van der Waals surface area contributed by atoms with Gasteiger partial charge in [0.25, 0.3) is 5.91 Å². The van der Waals surface area contributed by atoms with Crippen LogP contribution in [0.3, 0.4) is 0 Å².